The lowest BCUT2D eigenvalue weighted by Gasteiger charge is -2.12. The highest BCUT2D eigenvalue weighted by Gasteiger charge is 2.28. The Hall–Kier alpha value is -3.46. The summed E-state index contributed by atoms with van der Waals surface area (Å²) in [5, 5.41) is 7.84. The lowest BCUT2D eigenvalue weighted by molar-refractivity contribution is -0.125. The summed E-state index contributed by atoms with van der Waals surface area (Å²) in [6, 6.07) is 10.1. The van der Waals surface area contributed by atoms with Crippen molar-refractivity contribution in [3.8, 4) is 0 Å². The zero-order valence-corrected chi connectivity index (χ0v) is 16.5. The summed E-state index contributed by atoms with van der Waals surface area (Å²) in [4.78, 5) is 50.1. The monoisotopic (exact) mass is 412 g/mol. The molecule has 0 spiro atoms. The van der Waals surface area contributed by atoms with Gasteiger partial charge in [-0.15, -0.1) is 11.3 Å². The van der Waals surface area contributed by atoms with Gasteiger partial charge in [-0.25, -0.2) is 4.79 Å². The molecule has 0 atom stereocenters. The molecule has 0 bridgehead atoms. The molecule has 1 aliphatic heterocycles. The van der Waals surface area contributed by atoms with Gasteiger partial charge in [-0.3, -0.25) is 19.3 Å². The maximum atomic E-state index is 12.0. The van der Waals surface area contributed by atoms with Gasteiger partial charge in [0.15, 0.2) is 0 Å². The van der Waals surface area contributed by atoms with Crippen LogP contribution in [0.4, 0.5) is 16.2 Å². The van der Waals surface area contributed by atoms with Crippen LogP contribution in [0.1, 0.15) is 16.2 Å². The van der Waals surface area contributed by atoms with Crippen LogP contribution in [-0.4, -0.2) is 41.7 Å². The maximum Gasteiger partial charge on any atom is 0.324 e. The van der Waals surface area contributed by atoms with Crippen LogP contribution in [0.5, 0.6) is 0 Å². The average molecular weight is 412 g/mol. The number of hydrogen-bond acceptors (Lipinski definition) is 5. The average Bonchev–Trinajstić information content (AvgIpc) is 3.25. The summed E-state index contributed by atoms with van der Waals surface area (Å²) in [5.41, 5.74) is 1.15. The number of urea groups is 1. The molecular weight excluding hydrogens is 392 g/mol. The molecule has 2 aromatic rings. The predicted molar refractivity (Wildman–Crippen MR) is 112 cm³/mol. The highest BCUT2D eigenvalue weighted by atomic mass is 32.1. The van der Waals surface area contributed by atoms with Gasteiger partial charge in [0, 0.05) is 40.2 Å². The zero-order chi connectivity index (χ0) is 20.8. The number of amides is 5. The van der Waals surface area contributed by atoms with Crippen LogP contribution in [0, 0.1) is 6.92 Å². The molecule has 9 heteroatoms. The number of benzene rings is 1. The normalized spacial score (nSPS) is 13.6. The van der Waals surface area contributed by atoms with Crippen molar-refractivity contribution in [2.24, 2.45) is 0 Å². The van der Waals surface area contributed by atoms with Gasteiger partial charge in [-0.2, -0.15) is 0 Å². The van der Waals surface area contributed by atoms with E-state index in [-0.39, 0.29) is 37.2 Å². The van der Waals surface area contributed by atoms with Crippen LogP contribution in [0.25, 0.3) is 6.08 Å². The van der Waals surface area contributed by atoms with Crippen molar-refractivity contribution in [1.82, 2.24) is 10.2 Å². The van der Waals surface area contributed by atoms with Crippen molar-refractivity contribution in [1.29, 1.82) is 0 Å². The minimum absolute atomic E-state index is 0.00460. The Morgan fingerprint density at radius 1 is 1.10 bits per heavy atom. The van der Waals surface area contributed by atoms with Crippen molar-refractivity contribution >= 4 is 52.5 Å². The molecule has 1 aliphatic rings. The van der Waals surface area contributed by atoms with Gasteiger partial charge in [0.2, 0.25) is 17.7 Å². The molecule has 0 radical (unpaired) electrons. The molecule has 150 valence electrons. The topological polar surface area (TPSA) is 108 Å². The molecule has 8 nitrogen and oxygen atoms in total. The number of carbonyl (C=O) groups excluding carboxylic acids is 4. The van der Waals surface area contributed by atoms with Crippen LogP contribution in [0.15, 0.2) is 42.5 Å². The first-order valence-corrected chi connectivity index (χ1v) is 9.76. The molecule has 1 saturated heterocycles. The fraction of sp³-hybridized carbons (Fsp3) is 0.200. The number of nitrogens with one attached hydrogen (secondary N) is 3. The third-order valence-corrected chi connectivity index (χ3v) is 5.06. The number of aryl methyl sites for hydroxylation is 1. The van der Waals surface area contributed by atoms with Crippen LogP contribution < -0.4 is 16.0 Å². The van der Waals surface area contributed by atoms with Crippen molar-refractivity contribution in [3.63, 3.8) is 0 Å². The number of imide groups is 1. The Labute approximate surface area is 171 Å². The van der Waals surface area contributed by atoms with E-state index in [0.29, 0.717) is 11.4 Å². The van der Waals surface area contributed by atoms with E-state index < -0.39 is 6.03 Å². The molecule has 0 saturated carbocycles. The third kappa shape index (κ3) is 5.76. The number of carbonyl (C=O) groups is 4. The van der Waals surface area contributed by atoms with E-state index in [0.717, 1.165) is 9.78 Å². The van der Waals surface area contributed by atoms with Gasteiger partial charge < -0.3 is 16.0 Å². The Balaban J connectivity index is 1.46. The second kappa shape index (κ2) is 9.16. The van der Waals surface area contributed by atoms with Gasteiger partial charge in [-0.1, -0.05) is 0 Å². The van der Waals surface area contributed by atoms with E-state index in [1.807, 2.05) is 19.1 Å². The quantitative estimate of drug-likeness (QED) is 0.480. The first-order valence-electron chi connectivity index (χ1n) is 8.94. The molecule has 0 aliphatic carbocycles. The lowest BCUT2D eigenvalue weighted by Crippen LogP contribution is -2.33. The van der Waals surface area contributed by atoms with Gasteiger partial charge in [-0.05, 0) is 49.4 Å². The highest BCUT2D eigenvalue weighted by molar-refractivity contribution is 7.12. The summed E-state index contributed by atoms with van der Waals surface area (Å²) in [5.74, 6) is -0.906. The molecule has 0 unspecified atom stereocenters. The number of thiophene rings is 1. The van der Waals surface area contributed by atoms with E-state index in [2.05, 4.69) is 16.0 Å². The Morgan fingerprint density at radius 2 is 1.79 bits per heavy atom. The molecule has 29 heavy (non-hydrogen) atoms. The Bertz CT molecular complexity index is 949. The summed E-state index contributed by atoms with van der Waals surface area (Å²) >= 11 is 1.60. The first kappa shape index (κ1) is 20.3. The van der Waals surface area contributed by atoms with Gasteiger partial charge in [0.1, 0.15) is 0 Å². The smallest absolute Gasteiger partial charge is 0.324 e. The summed E-state index contributed by atoms with van der Waals surface area (Å²) in [6.45, 7) is 2.00. The number of anilines is 2. The largest absolute Gasteiger partial charge is 0.329 e. The molecule has 1 aromatic heterocycles. The second-order valence-corrected chi connectivity index (χ2v) is 7.67. The number of nitrogens with zero attached hydrogens (tertiary/aromatic N) is 1. The van der Waals surface area contributed by atoms with E-state index in [1.165, 1.54) is 11.0 Å². The fourth-order valence-corrected chi connectivity index (χ4v) is 3.42. The van der Waals surface area contributed by atoms with Gasteiger partial charge in [0.25, 0.3) is 0 Å². The van der Waals surface area contributed by atoms with Crippen molar-refractivity contribution in [3.05, 3.63) is 52.2 Å². The molecule has 3 N–H and O–H groups in total. The van der Waals surface area contributed by atoms with Crippen molar-refractivity contribution in [2.45, 2.75) is 13.3 Å². The molecule has 1 fully saturated rings. The van der Waals surface area contributed by atoms with Crippen molar-refractivity contribution in [2.75, 3.05) is 23.7 Å². The first-order chi connectivity index (χ1) is 13.9. The minimum atomic E-state index is -0.480. The highest BCUT2D eigenvalue weighted by Crippen LogP contribution is 2.17. The van der Waals surface area contributed by atoms with E-state index in [9.17, 15) is 19.2 Å². The molecule has 1 aromatic carbocycles. The van der Waals surface area contributed by atoms with E-state index in [4.69, 9.17) is 0 Å². The Morgan fingerprint density at radius 3 is 2.38 bits per heavy atom. The SMILES string of the molecule is Cc1ccc(C=CC(=O)Nc2ccc(NC(=O)CCN3C(=O)CNC3=O)cc2)s1. The van der Waals surface area contributed by atoms with Crippen LogP contribution in [-0.2, 0) is 14.4 Å². The Kier molecular flexibility index (Phi) is 6.40. The zero-order valence-electron chi connectivity index (χ0n) is 15.7. The molecule has 2 heterocycles. The van der Waals surface area contributed by atoms with Crippen LogP contribution in [0.2, 0.25) is 0 Å². The standard InChI is InChI=1S/C20H20N4O4S/c1-13-2-7-16(29-13)8-9-17(25)22-14-3-5-15(6-4-14)23-18(26)10-11-24-19(27)12-21-20(24)28/h2-9H,10-12H2,1H3,(H,21,28)(H,22,25)(H,23,26). The van der Waals surface area contributed by atoms with Crippen LogP contribution in [0.3, 0.4) is 0 Å². The number of hydrogen-bond donors (Lipinski definition) is 3. The molecular formula is C20H20N4O4S. The number of rotatable bonds is 7. The van der Waals surface area contributed by atoms with Gasteiger partial charge >= 0.3 is 6.03 Å². The lowest BCUT2D eigenvalue weighted by atomic mass is 10.2. The van der Waals surface area contributed by atoms with E-state index in [1.54, 1.807) is 41.7 Å². The maximum absolute atomic E-state index is 12.0. The van der Waals surface area contributed by atoms with Crippen LogP contribution >= 0.6 is 11.3 Å². The fourth-order valence-electron chi connectivity index (χ4n) is 2.64. The minimum Gasteiger partial charge on any atom is -0.329 e. The summed E-state index contributed by atoms with van der Waals surface area (Å²) in [7, 11) is 0. The summed E-state index contributed by atoms with van der Waals surface area (Å²) < 4.78 is 0. The summed E-state index contributed by atoms with van der Waals surface area (Å²) in [6.07, 6.45) is 3.23. The predicted octanol–water partition coefficient (Wildman–Crippen LogP) is 2.59. The van der Waals surface area contributed by atoms with Gasteiger partial charge in [0.05, 0.1) is 6.54 Å². The second-order valence-electron chi connectivity index (χ2n) is 6.35. The third-order valence-electron chi connectivity index (χ3n) is 4.10. The molecule has 3 rings (SSSR count). The van der Waals surface area contributed by atoms with E-state index >= 15 is 0 Å². The van der Waals surface area contributed by atoms with Crippen molar-refractivity contribution < 1.29 is 19.2 Å². The molecule has 5 amide bonds.